The van der Waals surface area contributed by atoms with Crippen LogP contribution in [-0.2, 0) is 40.1 Å². The zero-order chi connectivity index (χ0) is 63.7. The summed E-state index contributed by atoms with van der Waals surface area (Å²) in [6.45, 7) is -1.66. The number of anilines is 2. The highest BCUT2D eigenvalue weighted by Crippen LogP contribution is 2.14. The number of thiol groups is 1. The van der Waals surface area contributed by atoms with Gasteiger partial charge >= 0.3 is 11.9 Å². The van der Waals surface area contributed by atoms with Crippen molar-refractivity contribution >= 4 is 82.8 Å². The van der Waals surface area contributed by atoms with Crippen molar-refractivity contribution in [1.82, 2.24) is 57.2 Å². The summed E-state index contributed by atoms with van der Waals surface area (Å²) in [4.78, 5) is 132. The first-order valence-electron chi connectivity index (χ1n) is 26.4. The third-order valence-corrected chi connectivity index (χ3v) is 13.1. The van der Waals surface area contributed by atoms with Crippen LogP contribution in [-0.4, -0.2) is 251 Å². The van der Waals surface area contributed by atoms with E-state index in [1.165, 1.54) is 18.3 Å². The molecule has 0 spiro atoms. The Morgan fingerprint density at radius 2 is 1.14 bits per heavy atom. The van der Waals surface area contributed by atoms with Gasteiger partial charge in [0.25, 0.3) is 11.5 Å². The standard InChI is InChI=1S/C49H75N13O22S/c1-21(55-43(78)22-3-5-23(6-4-22)51-14-24-15-54-42-37(56-24)47(82)62-49(50)61-42)2-10-35(71)57-25(7-11-33(69)52-16-29(65)38(74)40(76)31(67)18-63)44(79)59-27(9-13-36(72)73)45(80)58-26(46(81)60-28(20-85)48(83)84)8-12-34(70)53-17-30(66)39(75)41(77)32(68)19-64/h3-6,15,21,25-32,34,38-41,51,53,63-68,70,74-77,85H,2,7-14,16-20H2,1H3,(H,52,69)(H,55,78)(H,57,71)(H,58,80)(H,59,79)(H,60,81)(H,72,73)(H,83,84)(H3,50,54,61,62,82)/t21-,25+,26+,27+,28+,29+,30+,31-,32-,34?,38-,39-,40-,41-/m1/s1. The van der Waals surface area contributed by atoms with Gasteiger partial charge in [0, 0.05) is 55.4 Å². The summed E-state index contributed by atoms with van der Waals surface area (Å²) in [5.41, 5.74) is 6.20. The number of nitrogens with one attached hydrogen (secondary N) is 9. The number of carbonyl (C=O) groups is 8. The molecule has 24 N–H and O–H groups in total. The van der Waals surface area contributed by atoms with Crippen LogP contribution in [0.3, 0.4) is 0 Å². The Bertz CT molecular complexity index is 2750. The summed E-state index contributed by atoms with van der Waals surface area (Å²) >= 11 is 3.90. The zero-order valence-electron chi connectivity index (χ0n) is 45.7. The summed E-state index contributed by atoms with van der Waals surface area (Å²) in [5, 5.41) is 147. The molecular weight excluding hydrogens is 1150 g/mol. The van der Waals surface area contributed by atoms with E-state index in [9.17, 15) is 99.3 Å². The molecule has 0 aliphatic carbocycles. The lowest BCUT2D eigenvalue weighted by molar-refractivity contribution is -0.141. The summed E-state index contributed by atoms with van der Waals surface area (Å²) in [5.74, 6) is -9.56. The number of aliphatic carboxylic acids is 2. The number of nitrogen functional groups attached to an aromatic ring is 1. The maximum Gasteiger partial charge on any atom is 0.327 e. The maximum absolute atomic E-state index is 14.1. The molecule has 3 rings (SSSR count). The van der Waals surface area contributed by atoms with E-state index in [-0.39, 0.29) is 42.1 Å². The highest BCUT2D eigenvalue weighted by Gasteiger charge is 2.35. The van der Waals surface area contributed by atoms with Gasteiger partial charge in [-0.05, 0) is 63.3 Å². The van der Waals surface area contributed by atoms with Crippen molar-refractivity contribution in [1.29, 1.82) is 0 Å². The molecule has 2 aromatic heterocycles. The van der Waals surface area contributed by atoms with Crippen LogP contribution in [0, 0.1) is 0 Å². The third kappa shape index (κ3) is 24.3. The molecule has 474 valence electrons. The summed E-state index contributed by atoms with van der Waals surface area (Å²) in [6.07, 6.45) is -20.0. The number of aromatic amines is 1. The molecule has 0 aliphatic rings. The number of nitrogens with zero attached hydrogens (tertiary/aromatic N) is 3. The average Bonchev–Trinajstić information content (AvgIpc) is 3.05. The Morgan fingerprint density at radius 3 is 1.69 bits per heavy atom. The van der Waals surface area contributed by atoms with Crippen molar-refractivity contribution in [2.45, 2.75) is 150 Å². The van der Waals surface area contributed by atoms with Gasteiger partial charge in [-0.25, -0.2) is 14.8 Å². The van der Waals surface area contributed by atoms with E-state index in [0.29, 0.717) is 11.4 Å². The number of nitrogens with two attached hydrogens (primary N) is 1. The van der Waals surface area contributed by atoms with Gasteiger partial charge in [-0.1, -0.05) is 0 Å². The molecular formula is C49H75N13O22S. The van der Waals surface area contributed by atoms with Crippen molar-refractivity contribution in [2.24, 2.45) is 0 Å². The molecule has 1 aromatic carbocycles. The van der Waals surface area contributed by atoms with E-state index in [1.807, 2.05) is 0 Å². The Morgan fingerprint density at radius 1 is 0.624 bits per heavy atom. The smallest absolute Gasteiger partial charge is 0.327 e. The minimum absolute atomic E-state index is 0.0169. The second-order valence-corrected chi connectivity index (χ2v) is 19.9. The number of aliphatic hydroxyl groups is 11. The number of rotatable bonds is 39. The van der Waals surface area contributed by atoms with Crippen LogP contribution < -0.4 is 53.8 Å². The summed E-state index contributed by atoms with van der Waals surface area (Å²) < 4.78 is 0. The van der Waals surface area contributed by atoms with Crippen molar-refractivity contribution in [2.75, 3.05) is 43.1 Å². The van der Waals surface area contributed by atoms with Gasteiger partial charge in [0.05, 0.1) is 43.9 Å². The lowest BCUT2D eigenvalue weighted by Gasteiger charge is -2.27. The number of carbonyl (C=O) groups excluding carboxylic acids is 6. The van der Waals surface area contributed by atoms with Gasteiger partial charge in [0.15, 0.2) is 11.2 Å². The van der Waals surface area contributed by atoms with E-state index in [1.54, 1.807) is 19.1 Å². The number of carboxylic acids is 2. The monoisotopic (exact) mass is 1230 g/mol. The minimum atomic E-state index is -2.06. The molecule has 14 atom stereocenters. The highest BCUT2D eigenvalue weighted by molar-refractivity contribution is 7.80. The number of hydrogen-bond donors (Lipinski definition) is 24. The highest BCUT2D eigenvalue weighted by atomic mass is 32.1. The predicted octanol–water partition coefficient (Wildman–Crippen LogP) is -8.92. The molecule has 35 nitrogen and oxygen atoms in total. The van der Waals surface area contributed by atoms with Gasteiger partial charge in [-0.3, -0.25) is 48.7 Å². The van der Waals surface area contributed by atoms with Gasteiger partial charge in [-0.15, -0.1) is 0 Å². The number of hydrogen-bond acceptors (Lipinski definition) is 27. The second kappa shape index (κ2) is 35.8. The van der Waals surface area contributed by atoms with E-state index in [4.69, 9.17) is 15.9 Å². The quantitative estimate of drug-likeness (QED) is 0.0186. The van der Waals surface area contributed by atoms with Crippen LogP contribution in [0.25, 0.3) is 11.2 Å². The second-order valence-electron chi connectivity index (χ2n) is 19.5. The van der Waals surface area contributed by atoms with Crippen LogP contribution in [0.2, 0.25) is 0 Å². The predicted molar refractivity (Wildman–Crippen MR) is 296 cm³/mol. The molecule has 85 heavy (non-hydrogen) atoms. The average molecular weight is 1230 g/mol. The Labute approximate surface area is 488 Å². The first-order valence-corrected chi connectivity index (χ1v) is 27.0. The first-order chi connectivity index (χ1) is 40.1. The number of amides is 6. The number of fused-ring (bicyclic) bond motifs is 1. The fourth-order valence-corrected chi connectivity index (χ4v) is 7.94. The maximum atomic E-state index is 14.1. The fourth-order valence-electron chi connectivity index (χ4n) is 7.69. The number of benzene rings is 1. The van der Waals surface area contributed by atoms with Crippen molar-refractivity contribution in [3.63, 3.8) is 0 Å². The molecule has 2 heterocycles. The largest absolute Gasteiger partial charge is 0.481 e. The van der Waals surface area contributed by atoms with E-state index < -0.39 is 209 Å². The number of aliphatic hydroxyl groups excluding tert-OH is 11. The van der Waals surface area contributed by atoms with E-state index in [2.05, 4.69) is 75.1 Å². The zero-order valence-corrected chi connectivity index (χ0v) is 46.6. The molecule has 0 radical (unpaired) electrons. The molecule has 0 aliphatic heterocycles. The molecule has 0 saturated carbocycles. The van der Waals surface area contributed by atoms with Gasteiger partial charge in [-0.2, -0.15) is 17.6 Å². The van der Waals surface area contributed by atoms with Crippen molar-refractivity contribution in [3.05, 3.63) is 52.1 Å². The summed E-state index contributed by atoms with van der Waals surface area (Å²) in [6, 6.07) is -1.51. The van der Waals surface area contributed by atoms with Crippen LogP contribution >= 0.6 is 12.6 Å². The number of H-pyrrole nitrogens is 1. The Hall–Kier alpha value is -7.33. The lowest BCUT2D eigenvalue weighted by atomic mass is 10.0. The van der Waals surface area contributed by atoms with Crippen LogP contribution in [0.1, 0.15) is 74.3 Å². The van der Waals surface area contributed by atoms with Crippen LogP contribution in [0.4, 0.5) is 11.6 Å². The fraction of sp³-hybridized carbons (Fsp3) is 0.592. The van der Waals surface area contributed by atoms with Crippen molar-refractivity contribution in [3.8, 4) is 0 Å². The topological polar surface area (TPSA) is 593 Å². The van der Waals surface area contributed by atoms with E-state index >= 15 is 0 Å². The van der Waals surface area contributed by atoms with Gasteiger partial charge in [0.2, 0.25) is 35.5 Å². The minimum Gasteiger partial charge on any atom is -0.481 e. The number of carboxylic acid groups (broad SMARTS) is 2. The molecule has 0 bridgehead atoms. The molecule has 36 heteroatoms. The van der Waals surface area contributed by atoms with E-state index in [0.717, 1.165) is 0 Å². The van der Waals surface area contributed by atoms with Crippen LogP contribution in [0.15, 0.2) is 35.3 Å². The normalized spacial score (nSPS) is 16.4. The molecule has 0 fully saturated rings. The Balaban J connectivity index is 1.78. The molecule has 3 aromatic rings. The molecule has 6 amide bonds. The lowest BCUT2D eigenvalue weighted by Crippen LogP contribution is -2.58. The number of aromatic nitrogens is 4. The van der Waals surface area contributed by atoms with Crippen molar-refractivity contribution < 1.29 is 105 Å². The van der Waals surface area contributed by atoms with Gasteiger partial charge in [0.1, 0.15) is 67.0 Å². The molecule has 0 saturated heterocycles. The summed E-state index contributed by atoms with van der Waals surface area (Å²) in [7, 11) is 0. The van der Waals surface area contributed by atoms with Gasteiger partial charge < -0.3 is 109 Å². The third-order valence-electron chi connectivity index (χ3n) is 12.8. The van der Waals surface area contributed by atoms with Crippen LogP contribution in [0.5, 0.6) is 0 Å². The first kappa shape index (κ1) is 71.9. The molecule has 1 unspecified atom stereocenters. The SMILES string of the molecule is C[C@H](CCC(=O)N[C@@H](CCC(=O)NC[C@H](O)[C@@H](O)[C@H](O)[C@H](O)CO)C(=O)N[C@@H](CCC(=O)O)C(=O)N[C@@H](CCC(O)NC[C@H](O)[C@@H](O)[C@H](O)[C@H](O)CO)C(=O)N[C@@H](CS)C(=O)O)NC(=O)c1ccc(NCc2cnc3nc(N)[nH]c(=O)c3n2)cc1. The Kier molecular flexibility index (Phi) is 30.3.